The molecule has 2 aromatic rings. The number of ether oxygens (including phenoxy) is 1. The van der Waals surface area contributed by atoms with Crippen LogP contribution in [0.25, 0.3) is 5.69 Å². The summed E-state index contributed by atoms with van der Waals surface area (Å²) < 4.78 is 7.82. The van der Waals surface area contributed by atoms with E-state index in [9.17, 15) is 4.79 Å². The summed E-state index contributed by atoms with van der Waals surface area (Å²) >= 11 is 3.43. The molecule has 1 amide bonds. The lowest BCUT2D eigenvalue weighted by Crippen LogP contribution is -2.01. The maximum Gasteiger partial charge on any atom is 0.214 e. The Bertz CT molecular complexity index is 565. The molecule has 19 heavy (non-hydrogen) atoms. The average Bonchev–Trinajstić information content (AvgIpc) is 2.74. The molecule has 0 saturated carbocycles. The van der Waals surface area contributed by atoms with E-state index in [2.05, 4.69) is 31.7 Å². The van der Waals surface area contributed by atoms with Crippen molar-refractivity contribution in [1.29, 1.82) is 0 Å². The zero-order chi connectivity index (χ0) is 14.4. The summed E-state index contributed by atoms with van der Waals surface area (Å²) in [5.74, 6) is 1.32. The second-order valence-electron chi connectivity index (χ2n) is 3.65. The van der Waals surface area contributed by atoms with Gasteiger partial charge in [-0.3, -0.25) is 4.79 Å². The summed E-state index contributed by atoms with van der Waals surface area (Å²) in [5, 5.41) is 4.13. The fourth-order valence-electron chi connectivity index (χ4n) is 1.34. The van der Waals surface area contributed by atoms with Gasteiger partial charge in [0.15, 0.2) is 0 Å². The zero-order valence-corrected chi connectivity index (χ0v) is 12.5. The molecule has 7 heteroatoms. The Morgan fingerprint density at radius 3 is 2.53 bits per heavy atom. The van der Waals surface area contributed by atoms with Crippen LogP contribution < -0.4 is 10.5 Å². The van der Waals surface area contributed by atoms with Crippen LogP contribution in [0.3, 0.4) is 0 Å². The van der Waals surface area contributed by atoms with E-state index in [4.69, 9.17) is 4.74 Å². The predicted molar refractivity (Wildman–Crippen MR) is 75.2 cm³/mol. The molecule has 0 aliphatic heterocycles. The van der Waals surface area contributed by atoms with Crippen LogP contribution >= 0.6 is 15.9 Å². The van der Waals surface area contributed by atoms with E-state index in [0.29, 0.717) is 0 Å². The van der Waals surface area contributed by atoms with Gasteiger partial charge in [-0.25, -0.2) is 9.67 Å². The quantitative estimate of drug-likeness (QED) is 0.912. The first-order valence-electron chi connectivity index (χ1n) is 5.42. The third-order valence-electron chi connectivity index (χ3n) is 2.10. The average molecular weight is 327 g/mol. The Balaban J connectivity index is 0.000000399. The van der Waals surface area contributed by atoms with Crippen LogP contribution in [0.2, 0.25) is 0 Å². The molecule has 0 spiro atoms. The number of nitrogens with two attached hydrogens (primary N) is 1. The van der Waals surface area contributed by atoms with Crippen LogP contribution in [0.5, 0.6) is 5.75 Å². The minimum absolute atomic E-state index is 0.333. The number of halogens is 1. The molecule has 0 saturated heterocycles. The lowest BCUT2D eigenvalue weighted by Gasteiger charge is -2.06. The number of hydrogen-bond donors (Lipinski definition) is 1. The summed E-state index contributed by atoms with van der Waals surface area (Å²) in [7, 11) is 1.64. The minimum Gasteiger partial charge on any atom is -0.496 e. The van der Waals surface area contributed by atoms with Crippen LogP contribution in [0.1, 0.15) is 12.7 Å². The van der Waals surface area contributed by atoms with Crippen molar-refractivity contribution in [2.45, 2.75) is 13.8 Å². The van der Waals surface area contributed by atoms with Crippen molar-refractivity contribution in [1.82, 2.24) is 14.8 Å². The fourth-order valence-corrected chi connectivity index (χ4v) is 1.87. The molecule has 2 rings (SSSR count). The van der Waals surface area contributed by atoms with E-state index < -0.39 is 0 Å². The van der Waals surface area contributed by atoms with E-state index in [-0.39, 0.29) is 5.91 Å². The molecule has 2 N–H and O–H groups in total. The Morgan fingerprint density at radius 1 is 1.47 bits per heavy atom. The Kier molecular flexibility index (Phi) is 5.50. The molecule has 0 bridgehead atoms. The Morgan fingerprint density at radius 2 is 2.11 bits per heavy atom. The number of carbonyl (C=O) groups excluding carboxylic acids is 1. The van der Waals surface area contributed by atoms with Gasteiger partial charge in [-0.2, -0.15) is 5.10 Å². The van der Waals surface area contributed by atoms with Crippen molar-refractivity contribution < 1.29 is 9.53 Å². The SMILES string of the molecule is CC(N)=O.COc1ccc(-n2ncnc2C)cc1Br. The maximum atomic E-state index is 9.22. The van der Waals surface area contributed by atoms with E-state index in [1.54, 1.807) is 11.8 Å². The van der Waals surface area contributed by atoms with Crippen molar-refractivity contribution in [3.05, 3.63) is 34.8 Å². The van der Waals surface area contributed by atoms with Gasteiger partial charge in [-0.1, -0.05) is 0 Å². The van der Waals surface area contributed by atoms with Gasteiger partial charge in [0.1, 0.15) is 17.9 Å². The van der Waals surface area contributed by atoms with E-state index in [1.165, 1.54) is 13.3 Å². The Labute approximate surface area is 119 Å². The van der Waals surface area contributed by atoms with E-state index in [1.807, 2.05) is 25.1 Å². The zero-order valence-electron chi connectivity index (χ0n) is 10.9. The number of rotatable bonds is 2. The van der Waals surface area contributed by atoms with Crippen molar-refractivity contribution in [3.8, 4) is 11.4 Å². The summed E-state index contributed by atoms with van der Waals surface area (Å²) in [4.78, 5) is 13.3. The van der Waals surface area contributed by atoms with Crippen LogP contribution in [0.4, 0.5) is 0 Å². The number of hydrogen-bond acceptors (Lipinski definition) is 4. The standard InChI is InChI=1S/C10H10BrN3O.C2H5NO/c1-7-12-6-13-14(7)8-3-4-10(15-2)9(11)5-8;1-2(3)4/h3-6H,1-2H3;1H3,(H2,3,4). The van der Waals surface area contributed by atoms with E-state index >= 15 is 0 Å². The van der Waals surface area contributed by atoms with Gasteiger partial charge in [0, 0.05) is 6.92 Å². The van der Waals surface area contributed by atoms with Crippen LogP contribution in [0.15, 0.2) is 29.0 Å². The molecular weight excluding hydrogens is 312 g/mol. The first kappa shape index (κ1) is 15.2. The van der Waals surface area contributed by atoms with E-state index in [0.717, 1.165) is 21.7 Å². The largest absolute Gasteiger partial charge is 0.496 e. The minimum atomic E-state index is -0.333. The first-order valence-corrected chi connectivity index (χ1v) is 6.21. The van der Waals surface area contributed by atoms with Gasteiger partial charge >= 0.3 is 0 Å². The lowest BCUT2D eigenvalue weighted by molar-refractivity contribution is -0.115. The molecule has 0 fully saturated rings. The van der Waals surface area contributed by atoms with Gasteiger partial charge in [-0.15, -0.1) is 0 Å². The molecule has 1 aromatic heterocycles. The number of methoxy groups -OCH3 is 1. The normalized spacial score (nSPS) is 9.47. The highest BCUT2D eigenvalue weighted by molar-refractivity contribution is 9.10. The third-order valence-corrected chi connectivity index (χ3v) is 2.72. The van der Waals surface area contributed by atoms with Gasteiger partial charge in [0.2, 0.25) is 5.91 Å². The monoisotopic (exact) mass is 326 g/mol. The number of aryl methyl sites for hydroxylation is 1. The lowest BCUT2D eigenvalue weighted by atomic mass is 10.3. The second kappa shape index (κ2) is 6.89. The van der Waals surface area contributed by atoms with Crippen molar-refractivity contribution in [2.75, 3.05) is 7.11 Å². The first-order chi connectivity index (χ1) is 8.95. The number of aromatic nitrogens is 3. The van der Waals surface area contributed by atoms with Crippen LogP contribution in [0, 0.1) is 6.92 Å². The molecule has 1 aromatic carbocycles. The van der Waals surface area contributed by atoms with Crippen LogP contribution in [-0.2, 0) is 4.79 Å². The highest BCUT2D eigenvalue weighted by Gasteiger charge is 2.05. The summed E-state index contributed by atoms with van der Waals surface area (Å²) in [6.45, 7) is 3.21. The maximum absolute atomic E-state index is 9.22. The highest BCUT2D eigenvalue weighted by atomic mass is 79.9. The number of carbonyl (C=O) groups is 1. The van der Waals surface area contributed by atoms with Crippen molar-refractivity contribution in [3.63, 3.8) is 0 Å². The number of amides is 1. The predicted octanol–water partition coefficient (Wildman–Crippen LogP) is 1.84. The molecule has 1 heterocycles. The van der Waals surface area contributed by atoms with Gasteiger partial charge in [-0.05, 0) is 41.1 Å². The number of primary amides is 1. The molecule has 0 atom stereocenters. The molecular formula is C12H15BrN4O2. The molecule has 0 aliphatic rings. The second-order valence-corrected chi connectivity index (χ2v) is 4.50. The number of nitrogens with zero attached hydrogens (tertiary/aromatic N) is 3. The van der Waals surface area contributed by atoms with Gasteiger partial charge in [0.25, 0.3) is 0 Å². The number of benzene rings is 1. The molecule has 102 valence electrons. The molecule has 6 nitrogen and oxygen atoms in total. The van der Waals surface area contributed by atoms with Crippen molar-refractivity contribution >= 4 is 21.8 Å². The van der Waals surface area contributed by atoms with Gasteiger partial charge in [0.05, 0.1) is 17.3 Å². The summed E-state index contributed by atoms with van der Waals surface area (Å²) in [6.07, 6.45) is 1.54. The fraction of sp³-hybridized carbons (Fsp3) is 0.250. The molecule has 0 radical (unpaired) electrons. The van der Waals surface area contributed by atoms with Crippen molar-refractivity contribution in [2.24, 2.45) is 5.73 Å². The molecule has 0 unspecified atom stereocenters. The smallest absolute Gasteiger partial charge is 0.214 e. The third kappa shape index (κ3) is 4.36. The van der Waals surface area contributed by atoms with Crippen LogP contribution in [-0.4, -0.2) is 27.8 Å². The highest BCUT2D eigenvalue weighted by Crippen LogP contribution is 2.26. The molecule has 0 aliphatic carbocycles. The summed E-state index contributed by atoms with van der Waals surface area (Å²) in [5.41, 5.74) is 5.43. The summed E-state index contributed by atoms with van der Waals surface area (Å²) in [6, 6.07) is 5.77. The topological polar surface area (TPSA) is 83.0 Å². The Hall–Kier alpha value is -1.89. The van der Waals surface area contributed by atoms with Gasteiger partial charge < -0.3 is 10.5 Å².